The molecule has 0 radical (unpaired) electrons. The molecule has 0 saturated carbocycles. The summed E-state index contributed by atoms with van der Waals surface area (Å²) in [7, 11) is 0. The molecule has 0 spiro atoms. The van der Waals surface area contributed by atoms with Crippen LogP contribution in [-0.2, 0) is 4.74 Å². The molecule has 2 atom stereocenters. The van der Waals surface area contributed by atoms with Crippen LogP contribution < -0.4 is 0 Å². The van der Waals surface area contributed by atoms with Gasteiger partial charge in [-0.2, -0.15) is 0 Å². The molecule has 2 aromatic carbocycles. The summed E-state index contributed by atoms with van der Waals surface area (Å²) < 4.78 is 5.53. The lowest BCUT2D eigenvalue weighted by Gasteiger charge is -2.24. The molecule has 21 heavy (non-hydrogen) atoms. The first-order valence-electron chi connectivity index (χ1n) is 7.41. The van der Waals surface area contributed by atoms with Crippen LogP contribution in [0.5, 0.6) is 0 Å². The Morgan fingerprint density at radius 1 is 0.952 bits per heavy atom. The Kier molecular flexibility index (Phi) is 4.49. The van der Waals surface area contributed by atoms with Crippen molar-refractivity contribution in [2.45, 2.75) is 24.5 Å². The molecule has 108 valence electrons. The highest BCUT2D eigenvalue weighted by Gasteiger charge is 2.25. The van der Waals surface area contributed by atoms with Gasteiger partial charge in [0.15, 0.2) is 0 Å². The number of hydrogen-bond acceptors (Lipinski definition) is 2. The van der Waals surface area contributed by atoms with E-state index in [-0.39, 0.29) is 12.0 Å². The summed E-state index contributed by atoms with van der Waals surface area (Å²) in [4.78, 5) is 0. The third-order valence-corrected chi connectivity index (χ3v) is 3.97. The van der Waals surface area contributed by atoms with Gasteiger partial charge in [0.1, 0.15) is 6.10 Å². The van der Waals surface area contributed by atoms with E-state index in [2.05, 4.69) is 24.3 Å². The van der Waals surface area contributed by atoms with Gasteiger partial charge in [-0.15, -0.1) is 0 Å². The third kappa shape index (κ3) is 3.41. The van der Waals surface area contributed by atoms with Gasteiger partial charge in [0.05, 0.1) is 12.7 Å². The summed E-state index contributed by atoms with van der Waals surface area (Å²) >= 11 is 0. The lowest BCUT2D eigenvalue weighted by molar-refractivity contribution is 0.00739. The Balaban J connectivity index is 1.84. The maximum atomic E-state index is 10.5. The smallest absolute Gasteiger partial charge is 0.102 e. The predicted molar refractivity (Wildman–Crippen MR) is 84.2 cm³/mol. The third-order valence-electron chi connectivity index (χ3n) is 3.97. The van der Waals surface area contributed by atoms with E-state index in [1.54, 1.807) is 0 Å². The van der Waals surface area contributed by atoms with Crippen molar-refractivity contribution in [1.29, 1.82) is 0 Å². The first-order chi connectivity index (χ1) is 10.3. The van der Waals surface area contributed by atoms with E-state index in [1.807, 2.05) is 48.6 Å². The Morgan fingerprint density at radius 2 is 1.52 bits per heavy atom. The van der Waals surface area contributed by atoms with Gasteiger partial charge >= 0.3 is 0 Å². The fraction of sp³-hybridized carbons (Fsp3) is 0.263. The Labute approximate surface area is 125 Å². The van der Waals surface area contributed by atoms with Gasteiger partial charge in [-0.1, -0.05) is 72.8 Å². The van der Waals surface area contributed by atoms with Crippen molar-refractivity contribution in [3.63, 3.8) is 0 Å². The highest BCUT2D eigenvalue weighted by atomic mass is 16.5. The second-order valence-corrected chi connectivity index (χ2v) is 5.40. The molecule has 0 fully saturated rings. The molecule has 2 aromatic rings. The van der Waals surface area contributed by atoms with Gasteiger partial charge in [0.2, 0.25) is 0 Å². The number of benzene rings is 2. The summed E-state index contributed by atoms with van der Waals surface area (Å²) in [6.45, 7) is 0.600. The van der Waals surface area contributed by atoms with E-state index in [0.717, 1.165) is 0 Å². The summed E-state index contributed by atoms with van der Waals surface area (Å²) in [5.41, 5.74) is 2.45. The zero-order valence-electron chi connectivity index (χ0n) is 11.9. The molecule has 0 aromatic heterocycles. The van der Waals surface area contributed by atoms with Crippen molar-refractivity contribution in [3.8, 4) is 0 Å². The second kappa shape index (κ2) is 6.70. The van der Waals surface area contributed by atoms with E-state index >= 15 is 0 Å². The van der Waals surface area contributed by atoms with Gasteiger partial charge in [-0.05, 0) is 17.5 Å². The molecule has 0 aliphatic carbocycles. The van der Waals surface area contributed by atoms with Crippen molar-refractivity contribution in [1.82, 2.24) is 0 Å². The Bertz CT molecular complexity index is 538. The SMILES string of the molecule is OC(CC(c1ccccc1)c1ccccc1)[C@@H]1C=CCO1. The molecule has 1 aliphatic heterocycles. The quantitative estimate of drug-likeness (QED) is 0.849. The topological polar surface area (TPSA) is 29.5 Å². The van der Waals surface area contributed by atoms with E-state index in [9.17, 15) is 5.11 Å². The Morgan fingerprint density at radius 3 is 2.00 bits per heavy atom. The predicted octanol–water partition coefficient (Wildman–Crippen LogP) is 3.52. The zero-order chi connectivity index (χ0) is 14.5. The maximum Gasteiger partial charge on any atom is 0.102 e. The molecule has 1 N–H and O–H groups in total. The van der Waals surface area contributed by atoms with E-state index in [1.165, 1.54) is 11.1 Å². The van der Waals surface area contributed by atoms with Gasteiger partial charge in [0.25, 0.3) is 0 Å². The van der Waals surface area contributed by atoms with Gasteiger partial charge in [0, 0.05) is 5.92 Å². The van der Waals surface area contributed by atoms with Gasteiger partial charge in [-0.3, -0.25) is 0 Å². The fourth-order valence-corrected chi connectivity index (χ4v) is 2.86. The van der Waals surface area contributed by atoms with Crippen molar-refractivity contribution in [2.24, 2.45) is 0 Å². The lowest BCUT2D eigenvalue weighted by atomic mass is 9.85. The van der Waals surface area contributed by atoms with Gasteiger partial charge in [-0.25, -0.2) is 0 Å². The van der Waals surface area contributed by atoms with Crippen LogP contribution in [-0.4, -0.2) is 23.9 Å². The normalized spacial score (nSPS) is 19.0. The molecule has 2 heteroatoms. The number of aliphatic hydroxyl groups excluding tert-OH is 1. The lowest BCUT2D eigenvalue weighted by Crippen LogP contribution is -2.27. The summed E-state index contributed by atoms with van der Waals surface area (Å²) in [5, 5.41) is 10.5. The van der Waals surface area contributed by atoms with Crippen molar-refractivity contribution in [3.05, 3.63) is 83.9 Å². The summed E-state index contributed by atoms with van der Waals surface area (Å²) in [6, 6.07) is 20.7. The van der Waals surface area contributed by atoms with Crippen LogP contribution in [0, 0.1) is 0 Å². The molecular formula is C19H20O2. The second-order valence-electron chi connectivity index (χ2n) is 5.40. The zero-order valence-corrected chi connectivity index (χ0v) is 11.9. The number of ether oxygens (including phenoxy) is 1. The van der Waals surface area contributed by atoms with Crippen molar-refractivity contribution < 1.29 is 9.84 Å². The molecule has 0 amide bonds. The highest BCUT2D eigenvalue weighted by Crippen LogP contribution is 2.30. The minimum absolute atomic E-state index is 0.181. The molecule has 1 aliphatic rings. The summed E-state index contributed by atoms with van der Waals surface area (Å²) in [6.07, 6.45) is 3.91. The first-order valence-corrected chi connectivity index (χ1v) is 7.41. The molecule has 2 nitrogen and oxygen atoms in total. The van der Waals surface area contributed by atoms with E-state index < -0.39 is 6.10 Å². The molecule has 1 unspecified atom stereocenters. The average molecular weight is 280 g/mol. The molecular weight excluding hydrogens is 260 g/mol. The van der Waals surface area contributed by atoms with E-state index in [4.69, 9.17) is 4.74 Å². The molecule has 0 bridgehead atoms. The number of rotatable bonds is 5. The number of hydrogen-bond donors (Lipinski definition) is 1. The van der Waals surface area contributed by atoms with Crippen LogP contribution in [0.2, 0.25) is 0 Å². The largest absolute Gasteiger partial charge is 0.390 e. The molecule has 3 rings (SSSR count). The van der Waals surface area contributed by atoms with Crippen LogP contribution in [0.1, 0.15) is 23.5 Å². The molecule has 0 saturated heterocycles. The van der Waals surface area contributed by atoms with E-state index in [0.29, 0.717) is 13.0 Å². The van der Waals surface area contributed by atoms with Crippen LogP contribution in [0.3, 0.4) is 0 Å². The molecule has 1 heterocycles. The van der Waals surface area contributed by atoms with Crippen LogP contribution in [0.4, 0.5) is 0 Å². The van der Waals surface area contributed by atoms with Crippen molar-refractivity contribution in [2.75, 3.05) is 6.61 Å². The van der Waals surface area contributed by atoms with Crippen LogP contribution >= 0.6 is 0 Å². The monoisotopic (exact) mass is 280 g/mol. The van der Waals surface area contributed by atoms with Crippen molar-refractivity contribution >= 4 is 0 Å². The average Bonchev–Trinajstić information content (AvgIpc) is 3.09. The first kappa shape index (κ1) is 14.1. The maximum absolute atomic E-state index is 10.5. The summed E-state index contributed by atoms with van der Waals surface area (Å²) in [5.74, 6) is 0.181. The number of aliphatic hydroxyl groups is 1. The standard InChI is InChI=1S/C19H20O2/c20-18(19-12-7-13-21-19)14-17(15-8-3-1-4-9-15)16-10-5-2-6-11-16/h1-12,17-20H,13-14H2/t18?,19-/m0/s1. The minimum Gasteiger partial charge on any atom is -0.390 e. The Hall–Kier alpha value is -1.90. The minimum atomic E-state index is -0.492. The van der Waals surface area contributed by atoms with Gasteiger partial charge < -0.3 is 9.84 Å². The van der Waals surface area contributed by atoms with Crippen LogP contribution in [0.25, 0.3) is 0 Å². The highest BCUT2D eigenvalue weighted by molar-refractivity contribution is 5.32. The fourth-order valence-electron chi connectivity index (χ4n) is 2.86. The van der Waals surface area contributed by atoms with Crippen LogP contribution in [0.15, 0.2) is 72.8 Å².